The number of hydrogen-bond donors (Lipinski definition) is 1. The summed E-state index contributed by atoms with van der Waals surface area (Å²) >= 11 is 0. The number of benzene rings is 1. The van der Waals surface area contributed by atoms with E-state index in [-0.39, 0.29) is 0 Å². The minimum absolute atomic E-state index is 0.797. The zero-order chi connectivity index (χ0) is 18.1. The van der Waals surface area contributed by atoms with Crippen LogP contribution >= 0.6 is 0 Å². The summed E-state index contributed by atoms with van der Waals surface area (Å²) in [7, 11) is 0. The molecule has 0 radical (unpaired) electrons. The number of nitrogens with zero attached hydrogens (tertiary/aromatic N) is 6. The van der Waals surface area contributed by atoms with Crippen molar-refractivity contribution in [3.05, 3.63) is 42.0 Å². The van der Waals surface area contributed by atoms with E-state index < -0.39 is 0 Å². The lowest BCUT2D eigenvalue weighted by atomic mass is 10.1. The summed E-state index contributed by atoms with van der Waals surface area (Å²) in [6.07, 6.45) is 4.51. The Morgan fingerprint density at radius 2 is 2.00 bits per heavy atom. The highest BCUT2D eigenvalue weighted by atomic mass is 15.3. The van der Waals surface area contributed by atoms with E-state index in [0.29, 0.717) is 0 Å². The Bertz CT molecular complexity index is 1060. The van der Waals surface area contributed by atoms with E-state index in [2.05, 4.69) is 62.2 Å². The maximum Gasteiger partial charge on any atom is 0.155 e. The van der Waals surface area contributed by atoms with Gasteiger partial charge in [-0.25, -0.2) is 9.97 Å². The molecule has 1 N–H and O–H groups in total. The van der Waals surface area contributed by atoms with E-state index in [4.69, 9.17) is 0 Å². The van der Waals surface area contributed by atoms with Crippen LogP contribution in [0.4, 0.5) is 5.82 Å². The molecule has 1 aromatic carbocycles. The van der Waals surface area contributed by atoms with Gasteiger partial charge in [-0.05, 0) is 38.8 Å². The lowest BCUT2D eigenvalue weighted by Crippen LogP contribution is -2.10. The van der Waals surface area contributed by atoms with E-state index in [1.54, 1.807) is 6.33 Å². The Morgan fingerprint density at radius 3 is 2.85 bits per heavy atom. The first-order chi connectivity index (χ1) is 12.7. The summed E-state index contributed by atoms with van der Waals surface area (Å²) < 4.78 is 4.02. The molecule has 0 spiro atoms. The molecular formula is C19H23N7. The number of aromatic nitrogens is 6. The SMILES string of the molecule is CCn1nc(C)c2ncnc(NCCCn3ncc4c(C)cccc43)c21. The first kappa shape index (κ1) is 16.5. The van der Waals surface area contributed by atoms with Crippen molar-refractivity contribution in [2.75, 3.05) is 11.9 Å². The van der Waals surface area contributed by atoms with Crippen LogP contribution in [0.3, 0.4) is 0 Å². The van der Waals surface area contributed by atoms with Crippen molar-refractivity contribution in [1.29, 1.82) is 0 Å². The molecular weight excluding hydrogens is 326 g/mol. The van der Waals surface area contributed by atoms with Crippen molar-refractivity contribution in [2.45, 2.75) is 40.3 Å². The normalized spacial score (nSPS) is 11.5. The Balaban J connectivity index is 1.47. The highest BCUT2D eigenvalue weighted by Crippen LogP contribution is 2.22. The summed E-state index contributed by atoms with van der Waals surface area (Å²) in [6.45, 7) is 8.65. The number of nitrogens with one attached hydrogen (secondary N) is 1. The van der Waals surface area contributed by atoms with Crippen molar-refractivity contribution < 1.29 is 0 Å². The van der Waals surface area contributed by atoms with Crippen LogP contribution in [0.1, 0.15) is 24.6 Å². The maximum atomic E-state index is 4.54. The average Bonchev–Trinajstić information content (AvgIpc) is 3.21. The molecule has 0 bridgehead atoms. The molecule has 0 aliphatic rings. The van der Waals surface area contributed by atoms with Gasteiger partial charge in [0.1, 0.15) is 17.4 Å². The lowest BCUT2D eigenvalue weighted by Gasteiger charge is -2.09. The number of aryl methyl sites for hydroxylation is 4. The van der Waals surface area contributed by atoms with Gasteiger partial charge in [0.15, 0.2) is 5.82 Å². The lowest BCUT2D eigenvalue weighted by molar-refractivity contribution is 0.609. The maximum absolute atomic E-state index is 4.54. The molecule has 3 aromatic heterocycles. The standard InChI is InChI=1S/C19H23N7/c1-4-25-18-17(14(3)24-25)21-12-22-19(18)20-9-6-10-26-16-8-5-7-13(2)15(16)11-23-26/h5,7-8,11-12H,4,6,9-10H2,1-3H3,(H,20,21,22). The number of rotatable bonds is 6. The van der Waals surface area contributed by atoms with Crippen LogP contribution in [0.25, 0.3) is 21.9 Å². The van der Waals surface area contributed by atoms with Crippen molar-refractivity contribution in [1.82, 2.24) is 29.5 Å². The van der Waals surface area contributed by atoms with E-state index in [0.717, 1.165) is 48.6 Å². The number of fused-ring (bicyclic) bond motifs is 2. The van der Waals surface area contributed by atoms with Crippen molar-refractivity contribution >= 4 is 27.8 Å². The highest BCUT2D eigenvalue weighted by Gasteiger charge is 2.13. The van der Waals surface area contributed by atoms with Crippen LogP contribution in [0.2, 0.25) is 0 Å². The average molecular weight is 349 g/mol. The molecule has 0 atom stereocenters. The molecule has 0 saturated heterocycles. The zero-order valence-electron chi connectivity index (χ0n) is 15.4. The summed E-state index contributed by atoms with van der Waals surface area (Å²) in [4.78, 5) is 8.79. The van der Waals surface area contributed by atoms with Crippen LogP contribution in [-0.2, 0) is 13.1 Å². The molecule has 134 valence electrons. The van der Waals surface area contributed by atoms with Crippen LogP contribution in [-0.4, -0.2) is 36.1 Å². The van der Waals surface area contributed by atoms with Gasteiger partial charge in [-0.1, -0.05) is 12.1 Å². The molecule has 4 aromatic rings. The summed E-state index contributed by atoms with van der Waals surface area (Å²) in [5.74, 6) is 0.846. The fourth-order valence-corrected chi connectivity index (χ4v) is 3.39. The van der Waals surface area contributed by atoms with Gasteiger partial charge in [-0.3, -0.25) is 9.36 Å². The van der Waals surface area contributed by atoms with Crippen LogP contribution in [0, 0.1) is 13.8 Å². The first-order valence-corrected chi connectivity index (χ1v) is 9.02. The van der Waals surface area contributed by atoms with Gasteiger partial charge in [0.2, 0.25) is 0 Å². The zero-order valence-corrected chi connectivity index (χ0v) is 15.4. The van der Waals surface area contributed by atoms with Gasteiger partial charge in [0.25, 0.3) is 0 Å². The highest BCUT2D eigenvalue weighted by molar-refractivity contribution is 5.87. The Labute approximate surface area is 152 Å². The van der Waals surface area contributed by atoms with E-state index in [9.17, 15) is 0 Å². The molecule has 3 heterocycles. The van der Waals surface area contributed by atoms with Gasteiger partial charge >= 0.3 is 0 Å². The Hall–Kier alpha value is -2.96. The van der Waals surface area contributed by atoms with E-state index in [1.165, 1.54) is 16.5 Å². The molecule has 0 aliphatic carbocycles. The molecule has 4 rings (SSSR count). The fourth-order valence-electron chi connectivity index (χ4n) is 3.39. The molecule has 0 saturated carbocycles. The number of hydrogen-bond acceptors (Lipinski definition) is 5. The van der Waals surface area contributed by atoms with Gasteiger partial charge in [-0.15, -0.1) is 0 Å². The Kier molecular flexibility index (Phi) is 4.28. The molecule has 26 heavy (non-hydrogen) atoms. The van der Waals surface area contributed by atoms with Crippen LogP contribution in [0.15, 0.2) is 30.7 Å². The van der Waals surface area contributed by atoms with Crippen molar-refractivity contribution in [3.8, 4) is 0 Å². The van der Waals surface area contributed by atoms with E-state index in [1.807, 2.05) is 17.8 Å². The van der Waals surface area contributed by atoms with Gasteiger partial charge in [0.05, 0.1) is 17.4 Å². The molecule has 0 fully saturated rings. The first-order valence-electron chi connectivity index (χ1n) is 9.02. The predicted octanol–water partition coefficient (Wildman–Crippen LogP) is 3.31. The minimum Gasteiger partial charge on any atom is -0.368 e. The molecule has 0 amide bonds. The Morgan fingerprint density at radius 1 is 1.12 bits per heavy atom. The second kappa shape index (κ2) is 6.74. The van der Waals surface area contributed by atoms with E-state index >= 15 is 0 Å². The molecule has 0 aliphatic heterocycles. The third kappa shape index (κ3) is 2.79. The summed E-state index contributed by atoms with van der Waals surface area (Å²) in [6, 6.07) is 6.33. The van der Waals surface area contributed by atoms with Crippen LogP contribution in [0.5, 0.6) is 0 Å². The molecule has 0 unspecified atom stereocenters. The predicted molar refractivity (Wildman–Crippen MR) is 103 cm³/mol. The third-order valence-corrected chi connectivity index (χ3v) is 4.74. The van der Waals surface area contributed by atoms with Gasteiger partial charge < -0.3 is 5.32 Å². The smallest absolute Gasteiger partial charge is 0.155 e. The second-order valence-electron chi connectivity index (χ2n) is 6.48. The quantitative estimate of drug-likeness (QED) is 0.541. The van der Waals surface area contributed by atoms with Crippen molar-refractivity contribution in [3.63, 3.8) is 0 Å². The summed E-state index contributed by atoms with van der Waals surface area (Å²) in [5.41, 5.74) is 5.28. The minimum atomic E-state index is 0.797. The summed E-state index contributed by atoms with van der Waals surface area (Å²) in [5, 5.41) is 13.7. The number of anilines is 1. The van der Waals surface area contributed by atoms with Gasteiger partial charge in [-0.2, -0.15) is 10.2 Å². The monoisotopic (exact) mass is 349 g/mol. The molecule has 7 nitrogen and oxygen atoms in total. The topological polar surface area (TPSA) is 73.5 Å². The fraction of sp³-hybridized carbons (Fsp3) is 0.368. The third-order valence-electron chi connectivity index (χ3n) is 4.74. The van der Waals surface area contributed by atoms with Crippen molar-refractivity contribution in [2.24, 2.45) is 0 Å². The molecule has 7 heteroatoms. The second-order valence-corrected chi connectivity index (χ2v) is 6.48. The van der Waals surface area contributed by atoms with Crippen LogP contribution < -0.4 is 5.32 Å². The largest absolute Gasteiger partial charge is 0.368 e. The van der Waals surface area contributed by atoms with Gasteiger partial charge in [0, 0.05) is 25.0 Å².